The molecule has 0 saturated carbocycles. The Hall–Kier alpha value is -1.24. The van der Waals surface area contributed by atoms with E-state index in [0.29, 0.717) is 0 Å². The van der Waals surface area contributed by atoms with Gasteiger partial charge in [0.25, 0.3) is 0 Å². The molecule has 1 N–H and O–H groups in total. The first-order valence-corrected chi connectivity index (χ1v) is 3.45. The van der Waals surface area contributed by atoms with E-state index >= 15 is 0 Å². The summed E-state index contributed by atoms with van der Waals surface area (Å²) in [7, 11) is 0. The van der Waals surface area contributed by atoms with Crippen LogP contribution in [0, 0.1) is 0 Å². The smallest absolute Gasteiger partial charge is 0.114 e. The van der Waals surface area contributed by atoms with Crippen molar-refractivity contribution in [2.45, 2.75) is 13.8 Å². The van der Waals surface area contributed by atoms with Crippen LogP contribution in [0.25, 0.3) is 0 Å². The third-order valence-electron chi connectivity index (χ3n) is 0.498. The van der Waals surface area contributed by atoms with Crippen molar-refractivity contribution in [2.24, 2.45) is 0 Å². The van der Waals surface area contributed by atoms with Crippen molar-refractivity contribution < 1.29 is 5.11 Å². The summed E-state index contributed by atoms with van der Waals surface area (Å²) in [5.41, 5.74) is 0. The number of rotatable bonds is 2. The van der Waals surface area contributed by atoms with Crippen LogP contribution in [-0.4, -0.2) is 5.11 Å². The summed E-state index contributed by atoms with van der Waals surface area (Å²) in [6.45, 7) is 16.7. The van der Waals surface area contributed by atoms with E-state index in [-0.39, 0.29) is 5.76 Å². The van der Waals surface area contributed by atoms with E-state index in [1.54, 1.807) is 0 Å². The lowest BCUT2D eigenvalue weighted by atomic mass is 10.4. The quantitative estimate of drug-likeness (QED) is 0.366. The summed E-state index contributed by atoms with van der Waals surface area (Å²) < 4.78 is 0. The zero-order chi connectivity index (χ0) is 9.70. The number of aliphatic hydroxyl groups excluding tert-OH is 1. The molecule has 0 rings (SSSR count). The second-order valence-corrected chi connectivity index (χ2v) is 1.03. The molecule has 0 aliphatic carbocycles. The SMILES string of the molecule is C=C.C=C/C=C(/O)C=C.CC. The fourth-order valence-electron chi connectivity index (χ4n) is 0.189. The molecule has 64 valence electrons. The van der Waals surface area contributed by atoms with E-state index in [1.807, 2.05) is 13.8 Å². The van der Waals surface area contributed by atoms with Crippen molar-refractivity contribution in [2.75, 3.05) is 0 Å². The van der Waals surface area contributed by atoms with Gasteiger partial charge in [-0.05, 0) is 12.2 Å². The van der Waals surface area contributed by atoms with Crippen molar-refractivity contribution in [3.05, 3.63) is 50.3 Å². The van der Waals surface area contributed by atoms with Crippen molar-refractivity contribution in [3.8, 4) is 0 Å². The van der Waals surface area contributed by atoms with Crippen LogP contribution in [0.1, 0.15) is 13.8 Å². The second kappa shape index (κ2) is 23.3. The average molecular weight is 154 g/mol. The maximum atomic E-state index is 8.53. The van der Waals surface area contributed by atoms with E-state index < -0.39 is 0 Å². The first-order valence-electron chi connectivity index (χ1n) is 3.45. The van der Waals surface area contributed by atoms with Gasteiger partial charge >= 0.3 is 0 Å². The van der Waals surface area contributed by atoms with Crippen molar-refractivity contribution in [1.82, 2.24) is 0 Å². The number of aliphatic hydroxyl groups is 1. The van der Waals surface area contributed by atoms with Gasteiger partial charge in [0.2, 0.25) is 0 Å². The fraction of sp³-hybridized carbons (Fsp3) is 0.200. The van der Waals surface area contributed by atoms with Gasteiger partial charge in [-0.25, -0.2) is 0 Å². The van der Waals surface area contributed by atoms with Crippen LogP contribution in [-0.2, 0) is 0 Å². The lowest BCUT2D eigenvalue weighted by Gasteiger charge is -1.80. The molecule has 0 spiro atoms. The molecular formula is C10H18O. The minimum Gasteiger partial charge on any atom is -0.508 e. The minimum absolute atomic E-state index is 0.148. The molecule has 0 aromatic heterocycles. The summed E-state index contributed by atoms with van der Waals surface area (Å²) in [6, 6.07) is 0. The lowest BCUT2D eigenvalue weighted by molar-refractivity contribution is 0.433. The van der Waals surface area contributed by atoms with Crippen molar-refractivity contribution in [3.63, 3.8) is 0 Å². The Bertz CT molecular complexity index is 112. The first kappa shape index (κ1) is 16.4. The van der Waals surface area contributed by atoms with E-state index in [0.717, 1.165) is 0 Å². The van der Waals surface area contributed by atoms with Gasteiger partial charge in [0.05, 0.1) is 0 Å². The molecule has 0 heterocycles. The highest BCUT2D eigenvalue weighted by Gasteiger charge is 1.72. The van der Waals surface area contributed by atoms with Gasteiger partial charge in [0, 0.05) is 0 Å². The third kappa shape index (κ3) is 28.3. The van der Waals surface area contributed by atoms with Gasteiger partial charge in [-0.1, -0.05) is 33.1 Å². The molecule has 0 unspecified atom stereocenters. The van der Waals surface area contributed by atoms with Gasteiger partial charge < -0.3 is 5.11 Å². The average Bonchev–Trinajstić information content (AvgIpc) is 2.12. The third-order valence-corrected chi connectivity index (χ3v) is 0.498. The summed E-state index contributed by atoms with van der Waals surface area (Å²) in [4.78, 5) is 0. The van der Waals surface area contributed by atoms with Crippen LogP contribution >= 0.6 is 0 Å². The highest BCUT2D eigenvalue weighted by atomic mass is 16.3. The number of allylic oxidation sites excluding steroid dienone is 3. The molecule has 0 fully saturated rings. The zero-order valence-corrected chi connectivity index (χ0v) is 7.51. The van der Waals surface area contributed by atoms with E-state index in [2.05, 4.69) is 26.3 Å². The topological polar surface area (TPSA) is 20.2 Å². The van der Waals surface area contributed by atoms with E-state index in [1.165, 1.54) is 18.2 Å². The number of hydrogen-bond donors (Lipinski definition) is 1. The van der Waals surface area contributed by atoms with Gasteiger partial charge in [-0.15, -0.1) is 13.2 Å². The maximum Gasteiger partial charge on any atom is 0.114 e. The van der Waals surface area contributed by atoms with Crippen LogP contribution in [0.4, 0.5) is 0 Å². The standard InChI is InChI=1S/C6H8O.C2H6.C2H4/c1-3-5-6(7)4-2;2*1-2/h3-5,7H,1-2H2;1-2H3;1-2H2/b6-5+;;. The summed E-state index contributed by atoms with van der Waals surface area (Å²) >= 11 is 0. The van der Waals surface area contributed by atoms with E-state index in [4.69, 9.17) is 5.11 Å². The Morgan fingerprint density at radius 1 is 1.18 bits per heavy atom. The molecule has 11 heavy (non-hydrogen) atoms. The molecule has 0 amide bonds. The molecular weight excluding hydrogens is 136 g/mol. The van der Waals surface area contributed by atoms with Crippen LogP contribution < -0.4 is 0 Å². The fourth-order valence-corrected chi connectivity index (χ4v) is 0.189. The molecule has 0 radical (unpaired) electrons. The molecule has 0 atom stereocenters. The Labute approximate surface area is 70.1 Å². The molecule has 1 heteroatoms. The zero-order valence-electron chi connectivity index (χ0n) is 7.51. The van der Waals surface area contributed by atoms with Gasteiger partial charge in [-0.2, -0.15) is 0 Å². The molecule has 0 aromatic carbocycles. The Kier molecular flexibility index (Phi) is 34.7. The van der Waals surface area contributed by atoms with Gasteiger partial charge in [0.15, 0.2) is 0 Å². The molecule has 0 aliphatic rings. The highest BCUT2D eigenvalue weighted by molar-refractivity contribution is 5.12. The van der Waals surface area contributed by atoms with E-state index in [9.17, 15) is 0 Å². The molecule has 0 aliphatic heterocycles. The Balaban J connectivity index is -0.000000138. The molecule has 0 aromatic rings. The molecule has 1 nitrogen and oxygen atoms in total. The van der Waals surface area contributed by atoms with Crippen molar-refractivity contribution >= 4 is 0 Å². The summed E-state index contributed by atoms with van der Waals surface area (Å²) in [5, 5.41) is 8.53. The Morgan fingerprint density at radius 2 is 1.55 bits per heavy atom. The van der Waals surface area contributed by atoms with Crippen LogP contribution in [0.2, 0.25) is 0 Å². The predicted molar refractivity (Wildman–Crippen MR) is 53.7 cm³/mol. The van der Waals surface area contributed by atoms with Crippen molar-refractivity contribution in [1.29, 1.82) is 0 Å². The largest absolute Gasteiger partial charge is 0.508 e. The summed E-state index contributed by atoms with van der Waals surface area (Å²) in [6.07, 6.45) is 4.31. The van der Waals surface area contributed by atoms with Crippen LogP contribution in [0.15, 0.2) is 50.3 Å². The second-order valence-electron chi connectivity index (χ2n) is 1.03. The minimum atomic E-state index is 0.148. The molecule has 0 bridgehead atoms. The molecule has 0 saturated heterocycles. The summed E-state index contributed by atoms with van der Waals surface area (Å²) in [5.74, 6) is 0.148. The monoisotopic (exact) mass is 154 g/mol. The van der Waals surface area contributed by atoms with Crippen LogP contribution in [0.3, 0.4) is 0 Å². The first-order chi connectivity index (χ1) is 5.31. The highest BCUT2D eigenvalue weighted by Crippen LogP contribution is 1.85. The van der Waals surface area contributed by atoms with Gasteiger partial charge in [-0.3, -0.25) is 0 Å². The van der Waals surface area contributed by atoms with Crippen LogP contribution in [0.5, 0.6) is 0 Å². The maximum absolute atomic E-state index is 8.53. The lowest BCUT2D eigenvalue weighted by Crippen LogP contribution is -1.66. The number of hydrogen-bond acceptors (Lipinski definition) is 1. The Morgan fingerprint density at radius 3 is 1.64 bits per heavy atom. The normalized spacial score (nSPS) is 7.64. The van der Waals surface area contributed by atoms with Gasteiger partial charge in [0.1, 0.15) is 5.76 Å². The predicted octanol–water partition coefficient (Wildman–Crippen LogP) is 3.63.